The molecule has 3 aromatic heterocycles. The van der Waals surface area contributed by atoms with Crippen molar-refractivity contribution < 1.29 is 18.3 Å². The first-order chi connectivity index (χ1) is 16.5. The molecule has 2 aliphatic rings. The molecule has 0 bridgehead atoms. The highest BCUT2D eigenvalue weighted by Gasteiger charge is 2.29. The molecule has 0 aromatic carbocycles. The Bertz CT molecular complexity index is 1280. The molecule has 2 aliphatic heterocycles. The van der Waals surface area contributed by atoms with Gasteiger partial charge in [0.1, 0.15) is 12.0 Å². The van der Waals surface area contributed by atoms with E-state index in [9.17, 15) is 18.4 Å². The number of anilines is 1. The van der Waals surface area contributed by atoms with Crippen molar-refractivity contribution in [1.29, 1.82) is 0 Å². The number of likely N-dealkylation sites (tertiary alicyclic amines) is 1. The van der Waals surface area contributed by atoms with Gasteiger partial charge in [0, 0.05) is 44.4 Å². The van der Waals surface area contributed by atoms with Gasteiger partial charge in [0.15, 0.2) is 18.2 Å². The van der Waals surface area contributed by atoms with Crippen LogP contribution in [0.2, 0.25) is 0 Å². The van der Waals surface area contributed by atoms with Crippen LogP contribution in [0.4, 0.5) is 14.6 Å². The number of alkyl halides is 1. The number of rotatable bonds is 6. The number of fused-ring (bicyclic) bond motifs is 2. The van der Waals surface area contributed by atoms with Crippen LogP contribution in [-0.2, 0) is 17.9 Å². The fraction of sp³-hybridized carbons (Fsp3) is 0.391. The van der Waals surface area contributed by atoms with Gasteiger partial charge in [-0.15, -0.1) is 0 Å². The first-order valence-corrected chi connectivity index (χ1v) is 11.1. The minimum Gasteiger partial charge on any atom is -0.480 e. The van der Waals surface area contributed by atoms with Gasteiger partial charge in [-0.1, -0.05) is 0 Å². The number of hydrogen-bond donors (Lipinski definition) is 2. The maximum Gasteiger partial charge on any atom is 0.263 e. The van der Waals surface area contributed by atoms with Crippen LogP contribution in [0.25, 0.3) is 11.0 Å². The first kappa shape index (κ1) is 22.4. The highest BCUT2D eigenvalue weighted by Crippen LogP contribution is 2.25. The monoisotopic (exact) mass is 470 g/mol. The number of halogens is 2. The van der Waals surface area contributed by atoms with Crippen molar-refractivity contribution in [3.63, 3.8) is 0 Å². The van der Waals surface area contributed by atoms with Crippen molar-refractivity contribution in [3.8, 4) is 5.75 Å². The van der Waals surface area contributed by atoms with Crippen molar-refractivity contribution in [2.75, 3.05) is 31.6 Å². The third kappa shape index (κ3) is 4.75. The lowest BCUT2D eigenvalue weighted by molar-refractivity contribution is -0.118. The Morgan fingerprint density at radius 3 is 2.94 bits per heavy atom. The highest BCUT2D eigenvalue weighted by atomic mass is 19.1. The van der Waals surface area contributed by atoms with Crippen molar-refractivity contribution >= 4 is 22.8 Å². The largest absolute Gasteiger partial charge is 0.480 e. The van der Waals surface area contributed by atoms with Crippen LogP contribution < -0.4 is 20.9 Å². The summed E-state index contributed by atoms with van der Waals surface area (Å²) < 4.78 is 35.3. The summed E-state index contributed by atoms with van der Waals surface area (Å²) in [5.74, 6) is 0.129. The molecule has 3 aromatic rings. The number of carbonyl (C=O) groups is 1. The zero-order valence-electron chi connectivity index (χ0n) is 18.3. The van der Waals surface area contributed by atoms with Gasteiger partial charge in [0.25, 0.3) is 11.5 Å². The molecule has 0 saturated carbocycles. The molecular weight excluding hydrogens is 446 g/mol. The van der Waals surface area contributed by atoms with Crippen LogP contribution in [0, 0.1) is 5.82 Å². The fourth-order valence-corrected chi connectivity index (χ4v) is 4.35. The standard InChI is InChI=1S/C23H24F2N6O3/c24-14-9-19-18(26-10-14)2-4-22(33)31(19)8-7-30-6-5-17(16(25)12-30)27-11-15-1-3-20-23(28-15)29-21(32)13-34-20/h1-4,9-10,16-17,27H,5-8,11-13H2,(H,28,29,32)/t16-,17+/m0/s1. The van der Waals surface area contributed by atoms with Crippen molar-refractivity contribution in [1.82, 2.24) is 24.8 Å². The highest BCUT2D eigenvalue weighted by molar-refractivity contribution is 5.94. The third-order valence-electron chi connectivity index (χ3n) is 6.15. The number of pyridine rings is 3. The number of nitrogens with one attached hydrogen (secondary N) is 2. The van der Waals surface area contributed by atoms with Crippen LogP contribution in [0.1, 0.15) is 12.1 Å². The van der Waals surface area contributed by atoms with Crippen LogP contribution >= 0.6 is 0 Å². The van der Waals surface area contributed by atoms with Crippen molar-refractivity contribution in [2.24, 2.45) is 0 Å². The van der Waals surface area contributed by atoms with Crippen LogP contribution in [0.3, 0.4) is 0 Å². The Hall–Kier alpha value is -3.44. The first-order valence-electron chi connectivity index (χ1n) is 11.1. The molecule has 1 saturated heterocycles. The van der Waals surface area contributed by atoms with E-state index >= 15 is 0 Å². The van der Waals surface area contributed by atoms with E-state index in [1.807, 2.05) is 4.90 Å². The molecule has 5 rings (SSSR count). The van der Waals surface area contributed by atoms with E-state index in [1.165, 1.54) is 16.7 Å². The van der Waals surface area contributed by atoms with E-state index in [0.29, 0.717) is 60.9 Å². The number of carbonyl (C=O) groups excluding carboxylic acids is 1. The predicted octanol–water partition coefficient (Wildman–Crippen LogP) is 1.46. The summed E-state index contributed by atoms with van der Waals surface area (Å²) in [6.07, 6.45) is 0.608. The lowest BCUT2D eigenvalue weighted by atomic mass is 10.0. The summed E-state index contributed by atoms with van der Waals surface area (Å²) >= 11 is 0. The quantitative estimate of drug-likeness (QED) is 0.563. The second-order valence-corrected chi connectivity index (χ2v) is 8.46. The zero-order chi connectivity index (χ0) is 23.7. The Labute approximate surface area is 193 Å². The van der Waals surface area contributed by atoms with Gasteiger partial charge in [0.2, 0.25) is 0 Å². The molecule has 0 unspecified atom stereocenters. The molecule has 178 valence electrons. The van der Waals surface area contributed by atoms with Gasteiger partial charge < -0.3 is 19.9 Å². The van der Waals surface area contributed by atoms with Crippen molar-refractivity contribution in [3.05, 3.63) is 58.4 Å². The smallest absolute Gasteiger partial charge is 0.263 e. The van der Waals surface area contributed by atoms with Gasteiger partial charge in [0.05, 0.1) is 22.9 Å². The number of ether oxygens (including phenoxy) is 1. The molecule has 2 atom stereocenters. The van der Waals surface area contributed by atoms with Crippen molar-refractivity contribution in [2.45, 2.75) is 31.7 Å². The maximum atomic E-state index is 14.9. The molecule has 34 heavy (non-hydrogen) atoms. The Morgan fingerprint density at radius 2 is 2.09 bits per heavy atom. The second-order valence-electron chi connectivity index (χ2n) is 8.46. The van der Waals surface area contributed by atoms with Gasteiger partial charge in [-0.25, -0.2) is 13.8 Å². The number of hydrogen-bond acceptors (Lipinski definition) is 7. The summed E-state index contributed by atoms with van der Waals surface area (Å²) in [4.78, 5) is 34.2. The van der Waals surface area contributed by atoms with E-state index < -0.39 is 12.0 Å². The van der Waals surface area contributed by atoms with Gasteiger partial charge >= 0.3 is 0 Å². The van der Waals surface area contributed by atoms with Crippen LogP contribution in [0.15, 0.2) is 41.3 Å². The summed E-state index contributed by atoms with van der Waals surface area (Å²) in [6.45, 7) is 2.00. The second kappa shape index (κ2) is 9.43. The predicted molar refractivity (Wildman–Crippen MR) is 121 cm³/mol. The summed E-state index contributed by atoms with van der Waals surface area (Å²) in [6, 6.07) is 7.47. The molecular formula is C23H24F2N6O3. The lowest BCUT2D eigenvalue weighted by Gasteiger charge is -2.35. The lowest BCUT2D eigenvalue weighted by Crippen LogP contribution is -2.51. The number of aromatic nitrogens is 3. The van der Waals surface area contributed by atoms with Gasteiger partial charge in [-0.3, -0.25) is 19.5 Å². The summed E-state index contributed by atoms with van der Waals surface area (Å²) in [5, 5.41) is 5.88. The molecule has 11 heteroatoms. The molecule has 0 aliphatic carbocycles. The Morgan fingerprint density at radius 1 is 1.21 bits per heavy atom. The SMILES string of the molecule is O=C1COc2ccc(CN[C@@H]3CCN(CCn4c(=O)ccc5ncc(F)cc54)C[C@@H]3F)nc2N1. The minimum atomic E-state index is -1.10. The average Bonchev–Trinajstić information content (AvgIpc) is 2.82. The maximum absolute atomic E-state index is 14.9. The molecule has 1 fully saturated rings. The summed E-state index contributed by atoms with van der Waals surface area (Å²) in [7, 11) is 0. The Balaban J connectivity index is 1.16. The van der Waals surface area contributed by atoms with E-state index in [-0.39, 0.29) is 30.7 Å². The van der Waals surface area contributed by atoms with Gasteiger partial charge in [-0.2, -0.15) is 0 Å². The third-order valence-corrected chi connectivity index (χ3v) is 6.15. The Kier molecular flexibility index (Phi) is 6.20. The van der Waals surface area contributed by atoms with E-state index in [0.717, 1.165) is 6.20 Å². The molecule has 5 heterocycles. The molecule has 2 N–H and O–H groups in total. The number of amides is 1. The molecule has 9 nitrogen and oxygen atoms in total. The minimum absolute atomic E-state index is 0.0305. The van der Waals surface area contributed by atoms with Gasteiger partial charge in [-0.05, 0) is 31.2 Å². The average molecular weight is 470 g/mol. The number of piperidine rings is 1. The zero-order valence-corrected chi connectivity index (χ0v) is 18.3. The normalized spacial score (nSPS) is 20.6. The van der Waals surface area contributed by atoms with Crippen LogP contribution in [-0.4, -0.2) is 63.8 Å². The number of nitrogens with zero attached hydrogens (tertiary/aromatic N) is 4. The van der Waals surface area contributed by atoms with E-state index in [2.05, 4.69) is 20.6 Å². The van der Waals surface area contributed by atoms with E-state index in [4.69, 9.17) is 4.74 Å². The molecule has 0 radical (unpaired) electrons. The fourth-order valence-electron chi connectivity index (χ4n) is 4.35. The summed E-state index contributed by atoms with van der Waals surface area (Å²) in [5.41, 5.74) is 1.40. The van der Waals surface area contributed by atoms with Crippen LogP contribution in [0.5, 0.6) is 5.75 Å². The molecule has 1 amide bonds. The topological polar surface area (TPSA) is 101 Å². The molecule has 0 spiro atoms. The van der Waals surface area contributed by atoms with E-state index in [1.54, 1.807) is 18.2 Å².